The number of carbonyl (C=O) groups is 1. The van der Waals surface area contributed by atoms with E-state index in [2.05, 4.69) is 12.2 Å². The molecule has 4 nitrogen and oxygen atoms in total. The Morgan fingerprint density at radius 3 is 2.94 bits per heavy atom. The Hall–Kier alpha value is -1.62. The lowest BCUT2D eigenvalue weighted by atomic mass is 10.2. The third kappa shape index (κ3) is 5.14. The van der Waals surface area contributed by atoms with Gasteiger partial charge in [0.2, 0.25) is 5.91 Å². The van der Waals surface area contributed by atoms with Crippen molar-refractivity contribution < 1.29 is 13.9 Å². The van der Waals surface area contributed by atoms with Gasteiger partial charge in [-0.1, -0.05) is 19.8 Å². The molecule has 18 heavy (non-hydrogen) atoms. The number of hydrogen-bond donors (Lipinski definition) is 2. The summed E-state index contributed by atoms with van der Waals surface area (Å²) in [6.45, 7) is 2.56. The number of amides is 1. The van der Waals surface area contributed by atoms with Crippen LogP contribution in [0.4, 0.5) is 15.8 Å². The van der Waals surface area contributed by atoms with Crippen molar-refractivity contribution in [3.63, 3.8) is 0 Å². The number of anilines is 2. The Balaban J connectivity index is 2.33. The van der Waals surface area contributed by atoms with Crippen LogP contribution in [0.15, 0.2) is 18.2 Å². The van der Waals surface area contributed by atoms with Crippen LogP contribution in [0.1, 0.15) is 26.2 Å². The van der Waals surface area contributed by atoms with E-state index in [1.165, 1.54) is 18.2 Å². The van der Waals surface area contributed by atoms with Crippen LogP contribution in [0.3, 0.4) is 0 Å². The fraction of sp³-hybridized carbons (Fsp3) is 0.462. The summed E-state index contributed by atoms with van der Waals surface area (Å²) in [6.07, 6.45) is 3.10. The zero-order chi connectivity index (χ0) is 13.4. The van der Waals surface area contributed by atoms with Gasteiger partial charge in [-0.2, -0.15) is 0 Å². The van der Waals surface area contributed by atoms with Crippen LogP contribution in [-0.4, -0.2) is 19.1 Å². The quantitative estimate of drug-likeness (QED) is 0.580. The molecule has 5 heteroatoms. The second kappa shape index (κ2) is 7.66. The topological polar surface area (TPSA) is 64.3 Å². The number of nitrogens with one attached hydrogen (secondary N) is 1. The van der Waals surface area contributed by atoms with Crippen molar-refractivity contribution in [2.45, 2.75) is 26.2 Å². The molecule has 0 bridgehead atoms. The summed E-state index contributed by atoms with van der Waals surface area (Å²) in [6, 6.07) is 4.03. The van der Waals surface area contributed by atoms with Gasteiger partial charge in [-0.25, -0.2) is 4.39 Å². The maximum Gasteiger partial charge on any atom is 0.250 e. The average molecular weight is 254 g/mol. The summed E-state index contributed by atoms with van der Waals surface area (Å²) in [5.74, 6) is -0.889. The Kier molecular flexibility index (Phi) is 6.14. The van der Waals surface area contributed by atoms with Crippen LogP contribution in [0.2, 0.25) is 0 Å². The highest BCUT2D eigenvalue weighted by atomic mass is 19.1. The maximum atomic E-state index is 13.3. The van der Waals surface area contributed by atoms with Crippen LogP contribution in [-0.2, 0) is 9.53 Å². The molecule has 1 aromatic rings. The van der Waals surface area contributed by atoms with E-state index in [0.29, 0.717) is 12.3 Å². The zero-order valence-electron chi connectivity index (χ0n) is 10.5. The molecular formula is C13H19FN2O2. The number of rotatable bonds is 7. The molecule has 0 aliphatic rings. The molecule has 0 fully saturated rings. The summed E-state index contributed by atoms with van der Waals surface area (Å²) in [5, 5.41) is 2.42. The lowest BCUT2D eigenvalue weighted by molar-refractivity contribution is -0.120. The molecule has 0 unspecified atom stereocenters. The fourth-order valence-electron chi connectivity index (χ4n) is 1.44. The number of nitrogens with two attached hydrogens (primary N) is 1. The minimum atomic E-state index is -0.511. The van der Waals surface area contributed by atoms with Gasteiger partial charge < -0.3 is 15.8 Å². The number of halogens is 1. The number of unbranched alkanes of at least 4 members (excludes halogenated alkanes) is 2. The van der Waals surface area contributed by atoms with Gasteiger partial charge in [0.25, 0.3) is 0 Å². The van der Waals surface area contributed by atoms with Crippen molar-refractivity contribution in [1.29, 1.82) is 0 Å². The molecule has 0 spiro atoms. The highest BCUT2D eigenvalue weighted by Crippen LogP contribution is 2.17. The van der Waals surface area contributed by atoms with Crippen LogP contribution < -0.4 is 11.1 Å². The number of carbonyl (C=O) groups excluding carboxylic acids is 1. The van der Waals surface area contributed by atoms with Crippen molar-refractivity contribution in [1.82, 2.24) is 0 Å². The first-order chi connectivity index (χ1) is 8.63. The zero-order valence-corrected chi connectivity index (χ0v) is 10.5. The lowest BCUT2D eigenvalue weighted by Gasteiger charge is -2.07. The van der Waals surface area contributed by atoms with Crippen LogP contribution >= 0.6 is 0 Å². The van der Waals surface area contributed by atoms with Crippen molar-refractivity contribution in [3.8, 4) is 0 Å². The molecule has 0 radical (unpaired) electrons. The third-order valence-electron chi connectivity index (χ3n) is 2.39. The largest absolute Gasteiger partial charge is 0.399 e. The average Bonchev–Trinajstić information content (AvgIpc) is 2.33. The van der Waals surface area contributed by atoms with Crippen LogP contribution in [0.5, 0.6) is 0 Å². The molecule has 0 heterocycles. The minimum absolute atomic E-state index is 0.0715. The third-order valence-corrected chi connectivity index (χ3v) is 2.39. The fourth-order valence-corrected chi connectivity index (χ4v) is 1.44. The number of hydrogen-bond acceptors (Lipinski definition) is 3. The molecule has 1 rings (SSSR count). The van der Waals surface area contributed by atoms with Gasteiger partial charge in [0, 0.05) is 12.3 Å². The van der Waals surface area contributed by atoms with Gasteiger partial charge in [0.15, 0.2) is 0 Å². The number of ether oxygens (including phenoxy) is 1. The van der Waals surface area contributed by atoms with Crippen molar-refractivity contribution >= 4 is 17.3 Å². The predicted octanol–water partition coefficient (Wildman–Crippen LogP) is 2.55. The maximum absolute atomic E-state index is 13.3. The Labute approximate surface area is 106 Å². The molecule has 3 N–H and O–H groups in total. The van der Waals surface area contributed by atoms with E-state index in [1.54, 1.807) is 0 Å². The van der Waals surface area contributed by atoms with E-state index in [1.807, 2.05) is 0 Å². The smallest absolute Gasteiger partial charge is 0.250 e. The molecule has 0 saturated carbocycles. The minimum Gasteiger partial charge on any atom is -0.399 e. The van der Waals surface area contributed by atoms with Crippen LogP contribution in [0, 0.1) is 5.82 Å². The van der Waals surface area contributed by atoms with Gasteiger partial charge in [0.05, 0.1) is 5.69 Å². The first-order valence-electron chi connectivity index (χ1n) is 6.06. The standard InChI is InChI=1S/C13H19FN2O2/c1-2-3-4-7-18-9-13(17)16-12-8-10(15)5-6-11(12)14/h5-6,8H,2-4,7,9,15H2,1H3,(H,16,17). The van der Waals surface area contributed by atoms with Gasteiger partial charge in [-0.05, 0) is 24.6 Å². The molecule has 0 atom stereocenters. The summed E-state index contributed by atoms with van der Waals surface area (Å²) >= 11 is 0. The van der Waals surface area contributed by atoms with E-state index >= 15 is 0 Å². The van der Waals surface area contributed by atoms with Crippen molar-refractivity contribution in [2.24, 2.45) is 0 Å². The van der Waals surface area contributed by atoms with Crippen LogP contribution in [0.25, 0.3) is 0 Å². The summed E-state index contributed by atoms with van der Waals surface area (Å²) in [7, 11) is 0. The van der Waals surface area contributed by atoms with E-state index in [0.717, 1.165) is 19.3 Å². The van der Waals surface area contributed by atoms with E-state index in [-0.39, 0.29) is 18.2 Å². The van der Waals surface area contributed by atoms with E-state index in [4.69, 9.17) is 10.5 Å². The molecule has 1 amide bonds. The molecule has 0 aromatic heterocycles. The van der Waals surface area contributed by atoms with Gasteiger partial charge in [-0.15, -0.1) is 0 Å². The van der Waals surface area contributed by atoms with Crippen molar-refractivity contribution in [2.75, 3.05) is 24.3 Å². The van der Waals surface area contributed by atoms with Crippen molar-refractivity contribution in [3.05, 3.63) is 24.0 Å². The lowest BCUT2D eigenvalue weighted by Crippen LogP contribution is -2.19. The highest BCUT2D eigenvalue weighted by molar-refractivity contribution is 5.92. The Morgan fingerprint density at radius 1 is 1.44 bits per heavy atom. The van der Waals surface area contributed by atoms with E-state index in [9.17, 15) is 9.18 Å². The SMILES string of the molecule is CCCCCOCC(=O)Nc1cc(N)ccc1F. The molecule has 0 saturated heterocycles. The van der Waals surface area contributed by atoms with Gasteiger partial charge in [0.1, 0.15) is 12.4 Å². The molecular weight excluding hydrogens is 235 g/mol. The normalized spacial score (nSPS) is 10.3. The van der Waals surface area contributed by atoms with Gasteiger partial charge in [-0.3, -0.25) is 4.79 Å². The Morgan fingerprint density at radius 2 is 2.22 bits per heavy atom. The monoisotopic (exact) mass is 254 g/mol. The summed E-state index contributed by atoms with van der Waals surface area (Å²) in [5.41, 5.74) is 5.99. The molecule has 0 aliphatic heterocycles. The predicted molar refractivity (Wildman–Crippen MR) is 69.8 cm³/mol. The second-order valence-electron chi connectivity index (χ2n) is 4.05. The Bertz CT molecular complexity index is 397. The first kappa shape index (κ1) is 14.4. The molecule has 0 aliphatic carbocycles. The molecule has 1 aromatic carbocycles. The number of benzene rings is 1. The number of nitrogen functional groups attached to an aromatic ring is 1. The van der Waals surface area contributed by atoms with Gasteiger partial charge >= 0.3 is 0 Å². The first-order valence-corrected chi connectivity index (χ1v) is 6.06. The highest BCUT2D eigenvalue weighted by Gasteiger charge is 2.07. The second-order valence-corrected chi connectivity index (χ2v) is 4.05. The van der Waals surface area contributed by atoms with E-state index < -0.39 is 5.82 Å². The molecule has 100 valence electrons. The summed E-state index contributed by atoms with van der Waals surface area (Å²) in [4.78, 5) is 11.5. The summed E-state index contributed by atoms with van der Waals surface area (Å²) < 4.78 is 18.5.